The lowest BCUT2D eigenvalue weighted by molar-refractivity contribution is -0.671. The van der Waals surface area contributed by atoms with Gasteiger partial charge in [0.05, 0.1) is 5.56 Å². The highest BCUT2D eigenvalue weighted by atomic mass is 15.2. The summed E-state index contributed by atoms with van der Waals surface area (Å²) in [6, 6.07) is 33.4. The largest absolute Gasteiger partial charge is 0.294 e. The second-order valence-electron chi connectivity index (χ2n) is 11.5. The molecule has 0 saturated heterocycles. The number of fused-ring (bicyclic) bond motifs is 3. The first-order valence-electron chi connectivity index (χ1n) is 15.4. The van der Waals surface area contributed by atoms with Crippen molar-refractivity contribution in [3.8, 4) is 39.3 Å². The third-order valence-corrected chi connectivity index (χ3v) is 7.25. The van der Waals surface area contributed by atoms with Crippen LogP contribution in [0.4, 0.5) is 0 Å². The summed E-state index contributed by atoms with van der Waals surface area (Å²) < 4.78 is 4.82. The number of hydrogen-bond acceptors (Lipinski definition) is 0. The summed E-state index contributed by atoms with van der Waals surface area (Å²) in [5.74, 6) is 2.48. The molecule has 0 aliphatic carbocycles. The first-order valence-corrected chi connectivity index (χ1v) is 15.4. The predicted molar refractivity (Wildman–Crippen MR) is 177 cm³/mol. The molecule has 1 aromatic heterocycles. The summed E-state index contributed by atoms with van der Waals surface area (Å²) in [5, 5.41) is 0. The summed E-state index contributed by atoms with van der Waals surface area (Å²) in [5.41, 5.74) is 11.8. The first kappa shape index (κ1) is 30.1. The van der Waals surface area contributed by atoms with Crippen LogP contribution in [0.15, 0.2) is 103 Å². The predicted octanol–water partition coefficient (Wildman–Crippen LogP) is 10.5. The van der Waals surface area contributed by atoms with E-state index in [1.165, 1.54) is 56.0 Å². The van der Waals surface area contributed by atoms with Gasteiger partial charge in [-0.1, -0.05) is 128 Å². The van der Waals surface area contributed by atoms with Gasteiger partial charge in [0.2, 0.25) is 0 Å². The fraction of sp³-hybridized carbons (Fsp3) is 0.308. The van der Waals surface area contributed by atoms with E-state index in [2.05, 4.69) is 154 Å². The Morgan fingerprint density at radius 3 is 2.05 bits per heavy atom. The lowest BCUT2D eigenvalue weighted by Gasteiger charge is -2.19. The molecule has 2 heteroatoms. The maximum Gasteiger partial charge on any atom is 0.294 e. The minimum absolute atomic E-state index is 0.376. The molecule has 0 radical (unpaired) electrons. The Hall–Kier alpha value is -3.91. The first-order chi connectivity index (χ1) is 19.9. The van der Waals surface area contributed by atoms with Crippen molar-refractivity contribution in [1.82, 2.24) is 4.57 Å². The molecule has 0 N–H and O–H groups in total. The third-order valence-electron chi connectivity index (χ3n) is 7.25. The monoisotopic (exact) mass is 543 g/mol. The highest BCUT2D eigenvalue weighted by molar-refractivity contribution is 5.83. The number of aryl methyl sites for hydroxylation is 1. The van der Waals surface area contributed by atoms with Gasteiger partial charge in [-0.15, -0.1) is 0 Å². The van der Waals surface area contributed by atoms with Gasteiger partial charge in [0.25, 0.3) is 5.82 Å². The van der Waals surface area contributed by atoms with Crippen LogP contribution in [0, 0.1) is 5.92 Å². The van der Waals surface area contributed by atoms with Crippen molar-refractivity contribution in [2.75, 3.05) is 0 Å². The molecule has 0 amide bonds. The van der Waals surface area contributed by atoms with Crippen molar-refractivity contribution in [1.29, 1.82) is 0 Å². The van der Waals surface area contributed by atoms with E-state index in [-0.39, 0.29) is 0 Å². The van der Waals surface area contributed by atoms with Crippen molar-refractivity contribution in [2.24, 2.45) is 5.92 Å². The van der Waals surface area contributed by atoms with Crippen LogP contribution in [0.1, 0.15) is 78.0 Å². The quantitative estimate of drug-likeness (QED) is 0.191. The van der Waals surface area contributed by atoms with Crippen LogP contribution < -0.4 is 4.57 Å². The summed E-state index contributed by atoms with van der Waals surface area (Å²) >= 11 is 0. The zero-order valence-electron chi connectivity index (χ0n) is 26.3. The molecule has 2 nitrogen and oxygen atoms in total. The fourth-order valence-corrected chi connectivity index (χ4v) is 5.42. The summed E-state index contributed by atoms with van der Waals surface area (Å²) in [6.45, 7) is 18.3. The van der Waals surface area contributed by atoms with Gasteiger partial charge < -0.3 is 0 Å². The number of benzene rings is 4. The zero-order valence-corrected chi connectivity index (χ0v) is 26.3. The van der Waals surface area contributed by atoms with E-state index in [0.717, 1.165) is 18.9 Å². The average molecular weight is 544 g/mol. The highest BCUT2D eigenvalue weighted by Crippen LogP contribution is 2.40. The van der Waals surface area contributed by atoms with Crippen LogP contribution in [0.3, 0.4) is 0 Å². The van der Waals surface area contributed by atoms with Crippen LogP contribution in [-0.2, 0) is 13.0 Å². The van der Waals surface area contributed by atoms with Gasteiger partial charge in [-0.2, -0.15) is 4.57 Å². The molecule has 0 atom stereocenters. The molecular weight excluding hydrogens is 496 g/mol. The molecule has 0 unspecified atom stereocenters. The molecular formula is C39H47N2+. The zero-order chi connectivity index (χ0) is 29.5. The van der Waals surface area contributed by atoms with Gasteiger partial charge in [0.1, 0.15) is 24.6 Å². The highest BCUT2D eigenvalue weighted by Gasteiger charge is 2.32. The van der Waals surface area contributed by atoms with Crippen LogP contribution in [0.2, 0.25) is 0 Å². The maximum absolute atomic E-state index is 2.43. The number of nitrogens with zero attached hydrogens (tertiary/aromatic N) is 2. The number of aromatic nitrogens is 2. The van der Waals surface area contributed by atoms with E-state index in [1.54, 1.807) is 0 Å². The molecule has 1 aliphatic rings. The van der Waals surface area contributed by atoms with Gasteiger partial charge >= 0.3 is 0 Å². The average Bonchev–Trinajstić information content (AvgIpc) is 3.57. The molecule has 0 bridgehead atoms. The van der Waals surface area contributed by atoms with E-state index in [1.807, 2.05) is 13.8 Å². The van der Waals surface area contributed by atoms with Crippen molar-refractivity contribution in [3.63, 3.8) is 0 Å². The molecule has 5 aromatic rings. The van der Waals surface area contributed by atoms with Crippen LogP contribution in [0.25, 0.3) is 39.3 Å². The number of imidazole rings is 1. The topological polar surface area (TPSA) is 8.81 Å². The molecule has 4 aromatic carbocycles. The Morgan fingerprint density at radius 1 is 0.707 bits per heavy atom. The molecule has 41 heavy (non-hydrogen) atoms. The molecule has 0 saturated carbocycles. The Bertz CT molecular complexity index is 1570. The number of hydrogen-bond donors (Lipinski definition) is 0. The van der Waals surface area contributed by atoms with Gasteiger partial charge in [-0.25, -0.2) is 4.57 Å². The lowest BCUT2D eigenvalue weighted by Crippen LogP contribution is -2.30. The van der Waals surface area contributed by atoms with Gasteiger partial charge in [-0.05, 0) is 58.7 Å². The van der Waals surface area contributed by atoms with Gasteiger partial charge in [0.15, 0.2) is 0 Å². The van der Waals surface area contributed by atoms with Crippen molar-refractivity contribution in [2.45, 2.75) is 74.3 Å². The van der Waals surface area contributed by atoms with Gasteiger partial charge in [0, 0.05) is 16.7 Å². The van der Waals surface area contributed by atoms with Crippen molar-refractivity contribution >= 4 is 0 Å². The molecule has 1 aliphatic heterocycles. The minimum atomic E-state index is 0.376. The van der Waals surface area contributed by atoms with E-state index in [4.69, 9.17) is 0 Å². The Labute approximate surface area is 248 Å². The smallest absolute Gasteiger partial charge is 0.225 e. The van der Waals surface area contributed by atoms with E-state index in [0.29, 0.717) is 5.92 Å². The van der Waals surface area contributed by atoms with E-state index < -0.39 is 0 Å². The van der Waals surface area contributed by atoms with Crippen molar-refractivity contribution < 1.29 is 4.57 Å². The summed E-state index contributed by atoms with van der Waals surface area (Å²) in [4.78, 5) is 0. The molecule has 2 heterocycles. The molecule has 6 rings (SSSR count). The maximum atomic E-state index is 2.43. The van der Waals surface area contributed by atoms with Crippen LogP contribution in [-0.4, -0.2) is 4.57 Å². The molecule has 212 valence electrons. The lowest BCUT2D eigenvalue weighted by atomic mass is 9.89. The standard InChI is InChI=1S/C33H31N2.C4H10.C2H6/c1-4-24-11-10-15-26(19-24)31-21-28(25-12-6-5-7-13-25)20-30(23(2)3)32(31)35-18-17-34-22-27-14-8-9-16-29(27)33(34)35;1-4(2)3;1-2/h5-21,23H,4,22H2,1-3H3;4H,1-3H3;1-2H3/q+1;;. The van der Waals surface area contributed by atoms with Gasteiger partial charge in [-0.3, -0.25) is 0 Å². The molecule has 0 spiro atoms. The Morgan fingerprint density at radius 2 is 1.37 bits per heavy atom. The van der Waals surface area contributed by atoms with E-state index in [9.17, 15) is 0 Å². The third kappa shape index (κ3) is 6.54. The Kier molecular flexibility index (Phi) is 10.00. The minimum Gasteiger partial charge on any atom is -0.225 e. The Balaban J connectivity index is 0.000000596. The second kappa shape index (κ2) is 13.6. The normalized spacial score (nSPS) is 11.4. The number of rotatable bonds is 5. The van der Waals surface area contributed by atoms with Crippen LogP contribution in [0.5, 0.6) is 0 Å². The fourth-order valence-electron chi connectivity index (χ4n) is 5.42. The SMILES string of the molecule is CC.CC(C)C.CCc1cccc(-c2cc(-c3ccccc3)cc(C(C)C)c2-n2cc[n+]3c2-c2ccccc2C3)c1. The summed E-state index contributed by atoms with van der Waals surface area (Å²) in [7, 11) is 0. The molecule has 0 fully saturated rings. The van der Waals surface area contributed by atoms with E-state index >= 15 is 0 Å². The van der Waals surface area contributed by atoms with Crippen molar-refractivity contribution in [3.05, 3.63) is 120 Å². The van der Waals surface area contributed by atoms with Crippen LogP contribution >= 0.6 is 0 Å². The summed E-state index contributed by atoms with van der Waals surface area (Å²) in [6.07, 6.45) is 5.51. The second-order valence-corrected chi connectivity index (χ2v) is 11.5.